The first-order valence-corrected chi connectivity index (χ1v) is 7.80. The van der Waals surface area contributed by atoms with Crippen LogP contribution in [0, 0.1) is 5.92 Å². The lowest BCUT2D eigenvalue weighted by molar-refractivity contribution is -0.160. The SMILES string of the molecule is COC(=O)[C@@]1(C)C[C@@H](C(=O)OC(C)(C)C)[C@@H](c2ccccc2)N1. The molecule has 5 nitrogen and oxygen atoms in total. The molecule has 1 N–H and O–H groups in total. The summed E-state index contributed by atoms with van der Waals surface area (Å²) in [7, 11) is 1.35. The van der Waals surface area contributed by atoms with Crippen molar-refractivity contribution in [3.8, 4) is 0 Å². The van der Waals surface area contributed by atoms with E-state index in [1.807, 2.05) is 51.1 Å². The normalized spacial score (nSPS) is 27.5. The molecule has 0 radical (unpaired) electrons. The van der Waals surface area contributed by atoms with Gasteiger partial charge >= 0.3 is 11.9 Å². The molecule has 2 rings (SSSR count). The molecule has 1 heterocycles. The molecular weight excluding hydrogens is 294 g/mol. The Kier molecular flexibility index (Phi) is 4.80. The van der Waals surface area contributed by atoms with Gasteiger partial charge in [0.25, 0.3) is 0 Å². The Bertz CT molecular complexity index is 578. The number of benzene rings is 1. The van der Waals surface area contributed by atoms with Gasteiger partial charge in [-0.15, -0.1) is 0 Å². The predicted molar refractivity (Wildman–Crippen MR) is 86.7 cm³/mol. The summed E-state index contributed by atoms with van der Waals surface area (Å²) in [4.78, 5) is 24.8. The van der Waals surface area contributed by atoms with Crippen LogP contribution in [0.3, 0.4) is 0 Å². The minimum absolute atomic E-state index is 0.282. The van der Waals surface area contributed by atoms with Crippen LogP contribution < -0.4 is 5.32 Å². The van der Waals surface area contributed by atoms with Gasteiger partial charge in [0.05, 0.1) is 13.0 Å². The molecule has 1 aromatic rings. The smallest absolute Gasteiger partial charge is 0.325 e. The number of ether oxygens (including phenoxy) is 2. The lowest BCUT2D eigenvalue weighted by Gasteiger charge is -2.25. The zero-order valence-corrected chi connectivity index (χ0v) is 14.4. The minimum Gasteiger partial charge on any atom is -0.468 e. The van der Waals surface area contributed by atoms with Gasteiger partial charge in [-0.2, -0.15) is 0 Å². The van der Waals surface area contributed by atoms with Gasteiger partial charge in [0.2, 0.25) is 0 Å². The Balaban J connectivity index is 2.32. The van der Waals surface area contributed by atoms with E-state index in [-0.39, 0.29) is 18.0 Å². The second-order valence-corrected chi connectivity index (χ2v) is 7.20. The third kappa shape index (κ3) is 3.91. The summed E-state index contributed by atoms with van der Waals surface area (Å²) in [6, 6.07) is 9.35. The number of methoxy groups -OCH3 is 1. The molecule has 0 amide bonds. The van der Waals surface area contributed by atoms with Crippen LogP contribution in [-0.4, -0.2) is 30.2 Å². The van der Waals surface area contributed by atoms with Gasteiger partial charge in [-0.1, -0.05) is 30.3 Å². The minimum atomic E-state index is -0.906. The summed E-state index contributed by atoms with van der Waals surface area (Å²) in [5.74, 6) is -1.11. The third-order valence-electron chi connectivity index (χ3n) is 4.01. The van der Waals surface area contributed by atoms with Crippen LogP contribution in [0.2, 0.25) is 0 Å². The molecule has 126 valence electrons. The van der Waals surface area contributed by atoms with Crippen LogP contribution in [0.25, 0.3) is 0 Å². The summed E-state index contributed by atoms with van der Waals surface area (Å²) in [6.45, 7) is 7.28. The molecule has 1 aromatic carbocycles. The largest absolute Gasteiger partial charge is 0.468 e. The Morgan fingerprint density at radius 1 is 1.22 bits per heavy atom. The molecule has 0 spiro atoms. The first kappa shape index (κ1) is 17.5. The molecule has 0 aromatic heterocycles. The molecule has 1 fully saturated rings. The van der Waals surface area contributed by atoms with Crippen molar-refractivity contribution < 1.29 is 19.1 Å². The van der Waals surface area contributed by atoms with E-state index in [0.717, 1.165) is 5.56 Å². The third-order valence-corrected chi connectivity index (χ3v) is 4.01. The van der Waals surface area contributed by atoms with Crippen molar-refractivity contribution >= 4 is 11.9 Å². The molecule has 3 atom stereocenters. The van der Waals surface area contributed by atoms with Crippen molar-refractivity contribution in [1.29, 1.82) is 0 Å². The van der Waals surface area contributed by atoms with Crippen LogP contribution in [0.4, 0.5) is 0 Å². The summed E-state index contributed by atoms with van der Waals surface area (Å²) >= 11 is 0. The summed E-state index contributed by atoms with van der Waals surface area (Å²) in [5.41, 5.74) is -0.518. The average Bonchev–Trinajstić information content (AvgIpc) is 2.85. The fourth-order valence-electron chi connectivity index (χ4n) is 3.00. The van der Waals surface area contributed by atoms with Crippen LogP contribution in [-0.2, 0) is 19.1 Å². The lowest BCUT2D eigenvalue weighted by atomic mass is 9.90. The van der Waals surface area contributed by atoms with Gasteiger partial charge in [-0.3, -0.25) is 14.9 Å². The highest BCUT2D eigenvalue weighted by Gasteiger charge is 2.51. The Labute approximate surface area is 137 Å². The number of carbonyl (C=O) groups is 2. The van der Waals surface area contributed by atoms with Crippen LogP contribution in [0.5, 0.6) is 0 Å². The fourth-order valence-corrected chi connectivity index (χ4v) is 3.00. The maximum absolute atomic E-state index is 12.6. The second kappa shape index (κ2) is 6.32. The quantitative estimate of drug-likeness (QED) is 0.868. The highest BCUT2D eigenvalue weighted by atomic mass is 16.6. The van der Waals surface area contributed by atoms with E-state index in [9.17, 15) is 9.59 Å². The molecule has 0 saturated carbocycles. The van der Waals surface area contributed by atoms with Gasteiger partial charge in [-0.25, -0.2) is 0 Å². The maximum Gasteiger partial charge on any atom is 0.325 e. The molecule has 5 heteroatoms. The summed E-state index contributed by atoms with van der Waals surface area (Å²) in [5, 5.41) is 3.28. The molecule has 0 unspecified atom stereocenters. The van der Waals surface area contributed by atoms with E-state index >= 15 is 0 Å². The van der Waals surface area contributed by atoms with Gasteiger partial charge < -0.3 is 9.47 Å². The van der Waals surface area contributed by atoms with E-state index in [1.165, 1.54) is 7.11 Å². The molecular formula is C18H25NO4. The number of carbonyl (C=O) groups excluding carboxylic acids is 2. The molecule has 1 saturated heterocycles. The monoisotopic (exact) mass is 319 g/mol. The highest BCUT2D eigenvalue weighted by Crippen LogP contribution is 2.40. The van der Waals surface area contributed by atoms with Crippen molar-refractivity contribution in [2.45, 2.75) is 51.3 Å². The average molecular weight is 319 g/mol. The first-order valence-electron chi connectivity index (χ1n) is 7.80. The van der Waals surface area contributed by atoms with E-state index in [2.05, 4.69) is 5.32 Å². The van der Waals surface area contributed by atoms with E-state index in [0.29, 0.717) is 6.42 Å². The van der Waals surface area contributed by atoms with Crippen molar-refractivity contribution in [2.24, 2.45) is 5.92 Å². The molecule has 1 aliphatic rings. The zero-order valence-electron chi connectivity index (χ0n) is 14.4. The van der Waals surface area contributed by atoms with Crippen molar-refractivity contribution in [1.82, 2.24) is 5.32 Å². The van der Waals surface area contributed by atoms with E-state index < -0.39 is 17.1 Å². The molecule has 1 aliphatic heterocycles. The summed E-state index contributed by atoms with van der Waals surface area (Å²) in [6.07, 6.45) is 0.341. The van der Waals surface area contributed by atoms with Crippen molar-refractivity contribution in [3.63, 3.8) is 0 Å². The van der Waals surface area contributed by atoms with Crippen molar-refractivity contribution in [3.05, 3.63) is 35.9 Å². The second-order valence-electron chi connectivity index (χ2n) is 7.20. The predicted octanol–water partition coefficient (Wildman–Crippen LogP) is 2.61. The van der Waals surface area contributed by atoms with Crippen LogP contribution in [0.1, 0.15) is 45.7 Å². The van der Waals surface area contributed by atoms with Gasteiger partial charge in [0.15, 0.2) is 0 Å². The van der Waals surface area contributed by atoms with Gasteiger partial charge in [0.1, 0.15) is 11.1 Å². The molecule has 23 heavy (non-hydrogen) atoms. The van der Waals surface area contributed by atoms with E-state index in [1.54, 1.807) is 6.92 Å². The number of esters is 2. The zero-order chi connectivity index (χ0) is 17.3. The van der Waals surface area contributed by atoms with Gasteiger partial charge in [-0.05, 0) is 39.7 Å². The highest BCUT2D eigenvalue weighted by molar-refractivity contribution is 5.84. The number of hydrogen-bond donors (Lipinski definition) is 1. The molecule has 0 aliphatic carbocycles. The summed E-state index contributed by atoms with van der Waals surface area (Å²) < 4.78 is 10.4. The van der Waals surface area contributed by atoms with Gasteiger partial charge in [0, 0.05) is 6.04 Å². The lowest BCUT2D eigenvalue weighted by Crippen LogP contribution is -2.45. The topological polar surface area (TPSA) is 64.6 Å². The van der Waals surface area contributed by atoms with E-state index in [4.69, 9.17) is 9.47 Å². The number of hydrogen-bond acceptors (Lipinski definition) is 5. The Morgan fingerprint density at radius 2 is 1.83 bits per heavy atom. The van der Waals surface area contributed by atoms with Crippen molar-refractivity contribution in [2.75, 3.05) is 7.11 Å². The first-order chi connectivity index (χ1) is 10.7. The number of rotatable bonds is 3. The Morgan fingerprint density at radius 3 is 2.35 bits per heavy atom. The standard InChI is InChI=1S/C18H25NO4/c1-17(2,3)23-15(20)13-11-18(4,16(21)22-5)19-14(13)12-9-7-6-8-10-12/h6-10,13-14,19H,11H2,1-5H3/t13-,14-,18-/m1/s1. The maximum atomic E-state index is 12.6. The van der Waals surface area contributed by atoms with Crippen LogP contribution >= 0.6 is 0 Å². The molecule has 0 bridgehead atoms. The Hall–Kier alpha value is -1.88. The fraction of sp³-hybridized carbons (Fsp3) is 0.556. The number of nitrogens with one attached hydrogen (secondary N) is 1. The van der Waals surface area contributed by atoms with Crippen LogP contribution in [0.15, 0.2) is 30.3 Å².